The van der Waals surface area contributed by atoms with Gasteiger partial charge in [0.05, 0.1) is 7.11 Å². The fourth-order valence-electron chi connectivity index (χ4n) is 3.20. The zero-order chi connectivity index (χ0) is 15.7. The van der Waals surface area contributed by atoms with Crippen LogP contribution in [0, 0.1) is 0 Å². The van der Waals surface area contributed by atoms with Crippen molar-refractivity contribution in [2.75, 3.05) is 13.7 Å². The highest BCUT2D eigenvalue weighted by atomic mass is 16.5. The minimum Gasteiger partial charge on any atom is -0.467 e. The van der Waals surface area contributed by atoms with Crippen molar-refractivity contribution in [1.29, 1.82) is 0 Å². The number of piperidine rings is 1. The topological polar surface area (TPSA) is 51.5 Å². The van der Waals surface area contributed by atoms with Crippen molar-refractivity contribution in [3.63, 3.8) is 0 Å². The monoisotopic (exact) mass is 300 g/mol. The van der Waals surface area contributed by atoms with Gasteiger partial charge < -0.3 is 14.2 Å². The Morgan fingerprint density at radius 3 is 2.82 bits per heavy atom. The zero-order valence-electron chi connectivity index (χ0n) is 12.9. The van der Waals surface area contributed by atoms with Crippen molar-refractivity contribution < 1.29 is 14.3 Å². The lowest BCUT2D eigenvalue weighted by molar-refractivity contribution is -0.147. The lowest BCUT2D eigenvalue weighted by atomic mass is 10.00. The Balaban J connectivity index is 1.99. The molecule has 1 saturated heterocycles. The van der Waals surface area contributed by atoms with Gasteiger partial charge in [-0.1, -0.05) is 6.07 Å². The summed E-state index contributed by atoms with van der Waals surface area (Å²) in [6.07, 6.45) is 4.47. The lowest BCUT2D eigenvalue weighted by Gasteiger charge is -2.34. The zero-order valence-corrected chi connectivity index (χ0v) is 12.9. The van der Waals surface area contributed by atoms with Gasteiger partial charge in [0, 0.05) is 36.3 Å². The molecule has 116 valence electrons. The molecule has 0 bridgehead atoms. The number of methoxy groups -OCH3 is 1. The molecule has 1 aromatic heterocycles. The fraction of sp³-hybridized carbons (Fsp3) is 0.412. The molecule has 0 radical (unpaired) electrons. The van der Waals surface area contributed by atoms with E-state index in [4.69, 9.17) is 4.74 Å². The Bertz CT molecular complexity index is 720. The summed E-state index contributed by atoms with van der Waals surface area (Å²) < 4.78 is 6.85. The van der Waals surface area contributed by atoms with Crippen molar-refractivity contribution in [1.82, 2.24) is 9.47 Å². The molecular formula is C17H20N2O3. The van der Waals surface area contributed by atoms with Crippen LogP contribution < -0.4 is 0 Å². The molecule has 0 spiro atoms. The number of benzene rings is 1. The number of hydrogen-bond acceptors (Lipinski definition) is 3. The first-order valence-electron chi connectivity index (χ1n) is 7.56. The van der Waals surface area contributed by atoms with Crippen molar-refractivity contribution >= 4 is 22.8 Å². The number of likely N-dealkylation sites (tertiary alicyclic amines) is 1. The molecule has 0 saturated carbocycles. The first-order valence-corrected chi connectivity index (χ1v) is 7.56. The predicted octanol–water partition coefficient (Wildman–Crippen LogP) is 2.35. The normalized spacial score (nSPS) is 18.5. The second-order valence-corrected chi connectivity index (χ2v) is 5.70. The highest BCUT2D eigenvalue weighted by Gasteiger charge is 2.33. The minimum absolute atomic E-state index is 0.0908. The number of ether oxygens (including phenoxy) is 1. The average molecular weight is 300 g/mol. The third kappa shape index (κ3) is 2.36. The molecule has 1 atom stereocenters. The van der Waals surface area contributed by atoms with E-state index in [1.807, 2.05) is 42.1 Å². The van der Waals surface area contributed by atoms with Crippen LogP contribution >= 0.6 is 0 Å². The highest BCUT2D eigenvalue weighted by molar-refractivity contribution is 6.07. The third-order valence-electron chi connectivity index (χ3n) is 4.40. The maximum absolute atomic E-state index is 13.0. The van der Waals surface area contributed by atoms with Gasteiger partial charge in [-0.3, -0.25) is 4.79 Å². The number of carbonyl (C=O) groups is 2. The molecule has 1 aliphatic heterocycles. The van der Waals surface area contributed by atoms with E-state index in [1.54, 1.807) is 4.90 Å². The molecule has 1 amide bonds. The van der Waals surface area contributed by atoms with Gasteiger partial charge in [-0.05, 0) is 37.5 Å². The van der Waals surface area contributed by atoms with Gasteiger partial charge in [0.15, 0.2) is 0 Å². The number of rotatable bonds is 2. The number of aryl methyl sites for hydroxylation is 1. The molecule has 5 heteroatoms. The molecule has 2 heterocycles. The summed E-state index contributed by atoms with van der Waals surface area (Å²) in [4.78, 5) is 26.6. The first kappa shape index (κ1) is 14.6. The Morgan fingerprint density at radius 2 is 2.05 bits per heavy atom. The van der Waals surface area contributed by atoms with E-state index in [0.717, 1.165) is 23.7 Å². The molecule has 22 heavy (non-hydrogen) atoms. The van der Waals surface area contributed by atoms with Crippen molar-refractivity contribution in [3.8, 4) is 0 Å². The number of amides is 1. The summed E-state index contributed by atoms with van der Waals surface area (Å²) in [5.74, 6) is -0.416. The van der Waals surface area contributed by atoms with E-state index >= 15 is 0 Å². The fourth-order valence-corrected chi connectivity index (χ4v) is 3.20. The molecule has 5 nitrogen and oxygen atoms in total. The van der Waals surface area contributed by atoms with E-state index in [1.165, 1.54) is 7.11 Å². The summed E-state index contributed by atoms with van der Waals surface area (Å²) in [7, 11) is 3.33. The van der Waals surface area contributed by atoms with Crippen molar-refractivity contribution in [3.05, 3.63) is 36.0 Å². The van der Waals surface area contributed by atoms with Gasteiger partial charge >= 0.3 is 5.97 Å². The van der Waals surface area contributed by atoms with Gasteiger partial charge in [-0.2, -0.15) is 0 Å². The first-order chi connectivity index (χ1) is 10.6. The number of nitrogens with zero attached hydrogens (tertiary/aromatic N) is 2. The van der Waals surface area contributed by atoms with Crippen LogP contribution in [0.3, 0.4) is 0 Å². The Kier molecular flexibility index (Phi) is 3.88. The molecule has 2 aromatic rings. The van der Waals surface area contributed by atoms with Gasteiger partial charge in [0.2, 0.25) is 0 Å². The van der Waals surface area contributed by atoms with E-state index in [-0.39, 0.29) is 11.9 Å². The molecule has 1 unspecified atom stereocenters. The summed E-state index contributed by atoms with van der Waals surface area (Å²) in [6, 6.07) is 7.17. The van der Waals surface area contributed by atoms with E-state index in [9.17, 15) is 9.59 Å². The Hall–Kier alpha value is -2.30. The highest BCUT2D eigenvalue weighted by Crippen LogP contribution is 2.25. The van der Waals surface area contributed by atoms with Crippen LogP contribution in [0.2, 0.25) is 0 Å². The summed E-state index contributed by atoms with van der Waals surface area (Å²) in [6.45, 7) is 0.599. The number of aromatic nitrogens is 1. The largest absolute Gasteiger partial charge is 0.467 e. The van der Waals surface area contributed by atoms with E-state index < -0.39 is 6.04 Å². The number of fused-ring (bicyclic) bond motifs is 1. The van der Waals surface area contributed by atoms with Crippen LogP contribution in [-0.2, 0) is 16.6 Å². The Labute approximate surface area is 129 Å². The molecular weight excluding hydrogens is 280 g/mol. The maximum Gasteiger partial charge on any atom is 0.328 e. The van der Waals surface area contributed by atoms with Crippen LogP contribution in [0.1, 0.15) is 29.6 Å². The number of hydrogen-bond donors (Lipinski definition) is 0. The molecule has 1 fully saturated rings. The Morgan fingerprint density at radius 1 is 1.23 bits per heavy atom. The summed E-state index contributed by atoms with van der Waals surface area (Å²) >= 11 is 0. The SMILES string of the molecule is COC(=O)C1CCCCN1C(=O)c1cccc2c1ccn2C. The third-order valence-corrected chi connectivity index (χ3v) is 4.40. The summed E-state index contributed by atoms with van der Waals surface area (Å²) in [5, 5.41) is 0.921. The van der Waals surface area contributed by atoms with Gasteiger partial charge in [-0.25, -0.2) is 4.79 Å². The van der Waals surface area contributed by atoms with Crippen LogP contribution in [-0.4, -0.2) is 41.0 Å². The number of carbonyl (C=O) groups excluding carboxylic acids is 2. The van der Waals surface area contributed by atoms with E-state index in [0.29, 0.717) is 18.5 Å². The van der Waals surface area contributed by atoms with Gasteiger partial charge in [-0.15, -0.1) is 0 Å². The average Bonchev–Trinajstić information content (AvgIpc) is 2.95. The standard InChI is InChI=1S/C17H20N2O3/c1-18-11-9-12-13(6-5-8-14(12)18)16(20)19-10-4-3-7-15(19)17(21)22-2/h5-6,8-9,11,15H,3-4,7,10H2,1-2H3. The van der Waals surface area contributed by atoms with Crippen LogP contribution in [0.25, 0.3) is 10.9 Å². The number of esters is 1. The molecule has 0 aliphatic carbocycles. The second kappa shape index (κ2) is 5.83. The van der Waals surface area contributed by atoms with Crippen LogP contribution in [0.4, 0.5) is 0 Å². The van der Waals surface area contributed by atoms with Gasteiger partial charge in [0.25, 0.3) is 5.91 Å². The second-order valence-electron chi connectivity index (χ2n) is 5.70. The van der Waals surface area contributed by atoms with Gasteiger partial charge in [0.1, 0.15) is 6.04 Å². The predicted molar refractivity (Wildman–Crippen MR) is 83.6 cm³/mol. The molecule has 3 rings (SSSR count). The van der Waals surface area contributed by atoms with Crippen molar-refractivity contribution in [2.45, 2.75) is 25.3 Å². The van der Waals surface area contributed by atoms with Crippen LogP contribution in [0.5, 0.6) is 0 Å². The quantitative estimate of drug-likeness (QED) is 0.800. The lowest BCUT2D eigenvalue weighted by Crippen LogP contribution is -2.48. The molecule has 0 N–H and O–H groups in total. The molecule has 1 aromatic carbocycles. The summed E-state index contributed by atoms with van der Waals surface area (Å²) in [5.41, 5.74) is 1.66. The van der Waals surface area contributed by atoms with E-state index in [2.05, 4.69) is 0 Å². The molecule has 1 aliphatic rings. The smallest absolute Gasteiger partial charge is 0.328 e. The van der Waals surface area contributed by atoms with Crippen LogP contribution in [0.15, 0.2) is 30.5 Å². The minimum atomic E-state index is -0.467. The maximum atomic E-state index is 13.0. The van der Waals surface area contributed by atoms with Crippen molar-refractivity contribution in [2.24, 2.45) is 7.05 Å².